The van der Waals surface area contributed by atoms with Crippen molar-refractivity contribution in [2.45, 2.75) is 58.9 Å². The quantitative estimate of drug-likeness (QED) is 0.364. The zero-order valence-electron chi connectivity index (χ0n) is 16.2. The van der Waals surface area contributed by atoms with Gasteiger partial charge in [-0.1, -0.05) is 13.8 Å². The first kappa shape index (κ1) is 19.5. The van der Waals surface area contributed by atoms with Gasteiger partial charge in [-0.15, -0.1) is 0 Å². The minimum atomic E-state index is 0.851. The van der Waals surface area contributed by atoms with E-state index in [4.69, 9.17) is 4.99 Å². The van der Waals surface area contributed by atoms with Gasteiger partial charge >= 0.3 is 0 Å². The molecule has 5 nitrogen and oxygen atoms in total. The summed E-state index contributed by atoms with van der Waals surface area (Å²) in [7, 11) is 0. The van der Waals surface area contributed by atoms with Crippen LogP contribution in [0.25, 0.3) is 0 Å². The molecule has 24 heavy (non-hydrogen) atoms. The summed E-state index contributed by atoms with van der Waals surface area (Å²) >= 11 is 0. The third kappa shape index (κ3) is 7.39. The van der Waals surface area contributed by atoms with Crippen molar-refractivity contribution in [3.63, 3.8) is 0 Å². The van der Waals surface area contributed by atoms with Crippen molar-refractivity contribution in [1.82, 2.24) is 20.4 Å². The van der Waals surface area contributed by atoms with E-state index in [0.717, 1.165) is 57.1 Å². The normalized spacial score (nSPS) is 20.6. The molecule has 1 saturated heterocycles. The minimum absolute atomic E-state index is 0.851. The Balaban J connectivity index is 1.60. The number of rotatable bonds is 10. The van der Waals surface area contributed by atoms with Gasteiger partial charge in [0.2, 0.25) is 0 Å². The fourth-order valence-electron chi connectivity index (χ4n) is 3.47. The molecule has 1 aliphatic carbocycles. The molecule has 0 amide bonds. The van der Waals surface area contributed by atoms with E-state index in [0.29, 0.717) is 0 Å². The zero-order chi connectivity index (χ0) is 17.2. The molecule has 2 aliphatic rings. The lowest BCUT2D eigenvalue weighted by atomic mass is 9.99. The Bertz CT molecular complexity index is 359. The number of likely N-dealkylation sites (N-methyl/N-ethyl adjacent to an activating group) is 1. The summed E-state index contributed by atoms with van der Waals surface area (Å²) in [5.41, 5.74) is 0. The van der Waals surface area contributed by atoms with Gasteiger partial charge in [0.05, 0.1) is 0 Å². The summed E-state index contributed by atoms with van der Waals surface area (Å²) in [6.45, 7) is 15.6. The molecule has 1 heterocycles. The van der Waals surface area contributed by atoms with E-state index in [1.165, 1.54) is 45.3 Å². The highest BCUT2D eigenvalue weighted by molar-refractivity contribution is 5.79. The Labute approximate surface area is 149 Å². The number of guanidine groups is 1. The summed E-state index contributed by atoms with van der Waals surface area (Å²) in [6.07, 6.45) is 6.66. The fraction of sp³-hybridized carbons (Fsp3) is 0.947. The lowest BCUT2D eigenvalue weighted by Crippen LogP contribution is -2.42. The van der Waals surface area contributed by atoms with E-state index in [9.17, 15) is 0 Å². The molecule has 0 spiro atoms. The van der Waals surface area contributed by atoms with Crippen LogP contribution >= 0.6 is 0 Å². The third-order valence-electron chi connectivity index (χ3n) is 5.28. The number of hydrogen-bond acceptors (Lipinski definition) is 3. The van der Waals surface area contributed by atoms with Crippen molar-refractivity contribution in [2.75, 3.05) is 52.4 Å². The van der Waals surface area contributed by atoms with Gasteiger partial charge in [-0.2, -0.15) is 0 Å². The lowest BCUT2D eigenvalue weighted by molar-refractivity contribution is 0.192. The van der Waals surface area contributed by atoms with E-state index in [1.807, 2.05) is 0 Å². The Morgan fingerprint density at radius 2 is 1.88 bits per heavy atom. The Morgan fingerprint density at radius 3 is 2.50 bits per heavy atom. The molecule has 2 rings (SSSR count). The number of hydrogen-bond donors (Lipinski definition) is 2. The molecule has 2 N–H and O–H groups in total. The Kier molecular flexibility index (Phi) is 8.89. The first-order chi connectivity index (χ1) is 11.7. The molecule has 0 aromatic rings. The average Bonchev–Trinajstić information content (AvgIpc) is 3.42. The molecule has 0 radical (unpaired) electrons. The van der Waals surface area contributed by atoms with Gasteiger partial charge in [0.25, 0.3) is 0 Å². The monoisotopic (exact) mass is 337 g/mol. The number of nitrogens with one attached hydrogen (secondary N) is 2. The fourth-order valence-corrected chi connectivity index (χ4v) is 3.47. The van der Waals surface area contributed by atoms with E-state index in [-0.39, 0.29) is 0 Å². The highest BCUT2D eigenvalue weighted by atomic mass is 15.2. The van der Waals surface area contributed by atoms with Crippen LogP contribution in [0.1, 0.15) is 52.9 Å². The van der Waals surface area contributed by atoms with Crippen LogP contribution in [0, 0.1) is 5.92 Å². The minimum Gasteiger partial charge on any atom is -0.357 e. The van der Waals surface area contributed by atoms with E-state index < -0.39 is 0 Å². The van der Waals surface area contributed by atoms with Crippen LogP contribution in [0.3, 0.4) is 0 Å². The van der Waals surface area contributed by atoms with Crippen molar-refractivity contribution in [2.24, 2.45) is 10.9 Å². The van der Waals surface area contributed by atoms with Gasteiger partial charge < -0.3 is 15.5 Å². The summed E-state index contributed by atoms with van der Waals surface area (Å²) in [5.74, 6) is 1.90. The summed E-state index contributed by atoms with van der Waals surface area (Å²) < 4.78 is 0. The predicted octanol–water partition coefficient (Wildman–Crippen LogP) is 2.15. The van der Waals surface area contributed by atoms with Crippen molar-refractivity contribution in [1.29, 1.82) is 0 Å². The summed E-state index contributed by atoms with van der Waals surface area (Å²) in [6, 6.07) is 0.851. The second kappa shape index (κ2) is 10.9. The van der Waals surface area contributed by atoms with Gasteiger partial charge in [0.1, 0.15) is 0 Å². The van der Waals surface area contributed by atoms with Crippen LogP contribution in [0.2, 0.25) is 0 Å². The molecule has 1 aliphatic heterocycles. The van der Waals surface area contributed by atoms with Gasteiger partial charge in [-0.05, 0) is 71.1 Å². The number of piperidine rings is 1. The Morgan fingerprint density at radius 1 is 1.12 bits per heavy atom. The highest BCUT2D eigenvalue weighted by Gasteiger charge is 2.27. The topological polar surface area (TPSA) is 42.9 Å². The smallest absolute Gasteiger partial charge is 0.191 e. The standard InChI is InChI=1S/C19H39N5/c1-4-20-19(22-12-16-24(5-2)18-7-8-18)21-11-6-13-23-14-9-17(3)10-15-23/h17-18H,4-16H2,1-3H3,(H2,20,21,22). The molecule has 0 atom stereocenters. The maximum Gasteiger partial charge on any atom is 0.191 e. The van der Waals surface area contributed by atoms with Crippen LogP contribution in [0.4, 0.5) is 0 Å². The number of aliphatic imine (C=N–C) groups is 1. The largest absolute Gasteiger partial charge is 0.357 e. The van der Waals surface area contributed by atoms with Gasteiger partial charge in [0, 0.05) is 32.2 Å². The van der Waals surface area contributed by atoms with Crippen LogP contribution in [-0.4, -0.2) is 74.2 Å². The lowest BCUT2D eigenvalue weighted by Gasteiger charge is -2.29. The Hall–Kier alpha value is -0.810. The van der Waals surface area contributed by atoms with Crippen LogP contribution in [-0.2, 0) is 0 Å². The van der Waals surface area contributed by atoms with Gasteiger partial charge in [-0.3, -0.25) is 9.89 Å². The van der Waals surface area contributed by atoms with Gasteiger partial charge in [0.15, 0.2) is 5.96 Å². The van der Waals surface area contributed by atoms with Crippen molar-refractivity contribution < 1.29 is 0 Å². The van der Waals surface area contributed by atoms with Crippen molar-refractivity contribution >= 4 is 5.96 Å². The molecule has 0 bridgehead atoms. The second-order valence-corrected chi connectivity index (χ2v) is 7.42. The third-order valence-corrected chi connectivity index (χ3v) is 5.28. The zero-order valence-corrected chi connectivity index (χ0v) is 16.2. The van der Waals surface area contributed by atoms with Crippen molar-refractivity contribution in [3.05, 3.63) is 0 Å². The maximum atomic E-state index is 4.75. The number of nitrogens with zero attached hydrogens (tertiary/aromatic N) is 3. The number of likely N-dealkylation sites (tertiary alicyclic amines) is 1. The van der Waals surface area contributed by atoms with E-state index in [2.05, 4.69) is 41.2 Å². The van der Waals surface area contributed by atoms with Crippen LogP contribution in [0.5, 0.6) is 0 Å². The molecule has 0 unspecified atom stereocenters. The van der Waals surface area contributed by atoms with E-state index >= 15 is 0 Å². The predicted molar refractivity (Wildman–Crippen MR) is 104 cm³/mol. The highest BCUT2D eigenvalue weighted by Crippen LogP contribution is 2.25. The molecule has 2 fully saturated rings. The first-order valence-electron chi connectivity index (χ1n) is 10.2. The van der Waals surface area contributed by atoms with Crippen molar-refractivity contribution in [3.8, 4) is 0 Å². The summed E-state index contributed by atoms with van der Waals surface area (Å²) in [4.78, 5) is 9.92. The average molecular weight is 338 g/mol. The van der Waals surface area contributed by atoms with Gasteiger partial charge in [-0.25, -0.2) is 0 Å². The summed E-state index contributed by atoms with van der Waals surface area (Å²) in [5, 5.41) is 6.87. The molecule has 5 heteroatoms. The molecule has 0 aromatic heterocycles. The SMILES string of the molecule is CCNC(=NCCCN1CCC(C)CC1)NCCN(CC)C1CC1. The molecule has 1 saturated carbocycles. The van der Waals surface area contributed by atoms with E-state index in [1.54, 1.807) is 0 Å². The van der Waals surface area contributed by atoms with Crippen LogP contribution in [0.15, 0.2) is 4.99 Å². The molecular formula is C19H39N5. The molecular weight excluding hydrogens is 298 g/mol. The molecule has 140 valence electrons. The maximum absolute atomic E-state index is 4.75. The first-order valence-corrected chi connectivity index (χ1v) is 10.2. The molecule has 0 aromatic carbocycles. The second-order valence-electron chi connectivity index (χ2n) is 7.42. The van der Waals surface area contributed by atoms with Crippen LogP contribution < -0.4 is 10.6 Å².